The number of halogens is 1. The molecule has 0 saturated carbocycles. The molecule has 4 aromatic rings. The minimum absolute atomic E-state index is 0.0124. The molecule has 0 aliphatic heterocycles. The first kappa shape index (κ1) is 20.5. The summed E-state index contributed by atoms with van der Waals surface area (Å²) in [5, 5.41) is 13.7. The third-order valence-electron chi connectivity index (χ3n) is 5.04. The van der Waals surface area contributed by atoms with Crippen LogP contribution in [0.1, 0.15) is 16.7 Å². The van der Waals surface area contributed by atoms with Gasteiger partial charge in [0.25, 0.3) is 5.91 Å². The summed E-state index contributed by atoms with van der Waals surface area (Å²) in [4.78, 5) is 12.7. The van der Waals surface area contributed by atoms with E-state index in [0.717, 1.165) is 16.5 Å². The minimum atomic E-state index is -0.494. The molecule has 3 aromatic carbocycles. The number of benzene rings is 3. The van der Waals surface area contributed by atoms with Crippen LogP contribution >= 0.6 is 11.6 Å². The molecule has 0 saturated heterocycles. The lowest BCUT2D eigenvalue weighted by Gasteiger charge is -2.06. The molecule has 5 heteroatoms. The van der Waals surface area contributed by atoms with Crippen molar-refractivity contribution in [1.29, 1.82) is 5.26 Å². The number of nitrogens with one attached hydrogen (secondary N) is 1. The molecule has 1 amide bonds. The molecule has 4 rings (SSSR count). The van der Waals surface area contributed by atoms with Crippen LogP contribution in [0.2, 0.25) is 5.02 Å². The van der Waals surface area contributed by atoms with Crippen molar-refractivity contribution in [2.75, 3.05) is 5.32 Å². The van der Waals surface area contributed by atoms with Gasteiger partial charge in [-0.25, -0.2) is 0 Å². The molecule has 4 nitrogen and oxygen atoms in total. The quantitative estimate of drug-likeness (QED) is 0.306. The zero-order chi connectivity index (χ0) is 21.8. The molecule has 0 radical (unpaired) electrons. The van der Waals surface area contributed by atoms with Gasteiger partial charge in [0.1, 0.15) is 11.6 Å². The fraction of sp³-hybridized carbons (Fsp3) is 0.0769. The standard InChI is InChI=1S/C26H20ClN3O/c1-18-7-6-8-19(13-18)16-30-17-21(22-9-2-5-12-25(22)30)14-20(15-28)26(31)29-24-11-4-3-10-23(24)27/h2-14,17H,16H2,1H3,(H,29,31)/b20-14-. The Morgan fingerprint density at radius 1 is 1.10 bits per heavy atom. The molecule has 31 heavy (non-hydrogen) atoms. The fourth-order valence-corrected chi connectivity index (χ4v) is 3.77. The van der Waals surface area contributed by atoms with Crippen LogP contribution in [-0.4, -0.2) is 10.5 Å². The number of nitrogens with zero attached hydrogens (tertiary/aromatic N) is 2. The number of fused-ring (bicyclic) bond motifs is 1. The normalized spacial score (nSPS) is 11.3. The molecule has 0 fully saturated rings. The molecular formula is C26H20ClN3O. The first-order valence-electron chi connectivity index (χ1n) is 9.86. The number of aromatic nitrogens is 1. The van der Waals surface area contributed by atoms with E-state index >= 15 is 0 Å². The Kier molecular flexibility index (Phi) is 5.88. The summed E-state index contributed by atoms with van der Waals surface area (Å²) in [6.07, 6.45) is 3.61. The van der Waals surface area contributed by atoms with Gasteiger partial charge in [0.2, 0.25) is 0 Å². The highest BCUT2D eigenvalue weighted by atomic mass is 35.5. The first-order chi connectivity index (χ1) is 15.0. The van der Waals surface area contributed by atoms with Crippen LogP contribution in [-0.2, 0) is 11.3 Å². The van der Waals surface area contributed by atoms with Gasteiger partial charge in [-0.3, -0.25) is 4.79 Å². The van der Waals surface area contributed by atoms with E-state index in [9.17, 15) is 10.1 Å². The zero-order valence-corrected chi connectivity index (χ0v) is 17.7. The molecule has 0 aliphatic carbocycles. The summed E-state index contributed by atoms with van der Waals surface area (Å²) < 4.78 is 2.14. The number of hydrogen-bond acceptors (Lipinski definition) is 2. The minimum Gasteiger partial charge on any atom is -0.342 e. The predicted molar refractivity (Wildman–Crippen MR) is 126 cm³/mol. The fourth-order valence-electron chi connectivity index (χ4n) is 3.58. The van der Waals surface area contributed by atoms with E-state index in [0.29, 0.717) is 17.3 Å². The van der Waals surface area contributed by atoms with E-state index in [-0.39, 0.29) is 5.57 Å². The molecule has 152 valence electrons. The molecule has 0 spiro atoms. The number of aryl methyl sites for hydroxylation is 1. The van der Waals surface area contributed by atoms with Gasteiger partial charge in [-0.05, 0) is 36.8 Å². The van der Waals surface area contributed by atoms with Gasteiger partial charge in [-0.1, -0.05) is 71.8 Å². The van der Waals surface area contributed by atoms with E-state index < -0.39 is 5.91 Å². The predicted octanol–water partition coefficient (Wildman–Crippen LogP) is 6.20. The van der Waals surface area contributed by atoms with Crippen molar-refractivity contribution < 1.29 is 4.79 Å². The monoisotopic (exact) mass is 425 g/mol. The van der Waals surface area contributed by atoms with Crippen molar-refractivity contribution in [3.8, 4) is 6.07 Å². The molecule has 1 aromatic heterocycles. The molecule has 1 heterocycles. The maximum atomic E-state index is 12.7. The second-order valence-electron chi connectivity index (χ2n) is 7.32. The van der Waals surface area contributed by atoms with Gasteiger partial charge in [0.15, 0.2) is 0 Å². The lowest BCUT2D eigenvalue weighted by molar-refractivity contribution is -0.112. The van der Waals surface area contributed by atoms with Crippen LogP contribution in [0, 0.1) is 18.3 Å². The summed E-state index contributed by atoms with van der Waals surface area (Å²) in [6, 6.07) is 25.3. The molecule has 0 unspecified atom stereocenters. The maximum Gasteiger partial charge on any atom is 0.266 e. The lowest BCUT2D eigenvalue weighted by Crippen LogP contribution is -2.13. The molecule has 0 aliphatic rings. The molecule has 1 N–H and O–H groups in total. The zero-order valence-electron chi connectivity index (χ0n) is 17.0. The highest BCUT2D eigenvalue weighted by molar-refractivity contribution is 6.34. The number of carbonyl (C=O) groups is 1. The van der Waals surface area contributed by atoms with Crippen LogP contribution < -0.4 is 5.32 Å². The summed E-state index contributed by atoms with van der Waals surface area (Å²) in [5.74, 6) is -0.494. The average molecular weight is 426 g/mol. The number of amides is 1. The van der Waals surface area contributed by atoms with Gasteiger partial charge >= 0.3 is 0 Å². The van der Waals surface area contributed by atoms with Gasteiger partial charge in [0.05, 0.1) is 10.7 Å². The third kappa shape index (κ3) is 4.53. The van der Waals surface area contributed by atoms with Crippen molar-refractivity contribution in [3.63, 3.8) is 0 Å². The summed E-state index contributed by atoms with van der Waals surface area (Å²) in [6.45, 7) is 2.77. The average Bonchev–Trinajstić information content (AvgIpc) is 3.11. The highest BCUT2D eigenvalue weighted by Gasteiger charge is 2.14. The number of anilines is 1. The van der Waals surface area contributed by atoms with Crippen molar-refractivity contribution in [1.82, 2.24) is 4.57 Å². The van der Waals surface area contributed by atoms with Gasteiger partial charge in [0, 0.05) is 29.2 Å². The summed E-state index contributed by atoms with van der Waals surface area (Å²) in [5.41, 5.74) is 4.73. The highest BCUT2D eigenvalue weighted by Crippen LogP contribution is 2.26. The first-order valence-corrected chi connectivity index (χ1v) is 10.2. The van der Waals surface area contributed by atoms with Crippen molar-refractivity contribution in [3.05, 3.63) is 106 Å². The van der Waals surface area contributed by atoms with E-state index in [1.165, 1.54) is 11.1 Å². The number of nitriles is 1. The second kappa shape index (κ2) is 8.91. The largest absolute Gasteiger partial charge is 0.342 e. The lowest BCUT2D eigenvalue weighted by atomic mass is 10.1. The molecular weight excluding hydrogens is 406 g/mol. The molecule has 0 atom stereocenters. The van der Waals surface area contributed by atoms with Gasteiger partial charge in [-0.15, -0.1) is 0 Å². The van der Waals surface area contributed by atoms with Crippen LogP contribution in [0.4, 0.5) is 5.69 Å². The van der Waals surface area contributed by atoms with E-state index in [1.54, 1.807) is 30.3 Å². The summed E-state index contributed by atoms with van der Waals surface area (Å²) >= 11 is 6.13. The van der Waals surface area contributed by atoms with Crippen molar-refractivity contribution >= 4 is 40.2 Å². The number of hydrogen-bond donors (Lipinski definition) is 1. The smallest absolute Gasteiger partial charge is 0.266 e. The van der Waals surface area contributed by atoms with Crippen molar-refractivity contribution in [2.45, 2.75) is 13.5 Å². The van der Waals surface area contributed by atoms with Crippen LogP contribution in [0.5, 0.6) is 0 Å². The summed E-state index contributed by atoms with van der Waals surface area (Å²) in [7, 11) is 0. The topological polar surface area (TPSA) is 57.8 Å². The van der Waals surface area contributed by atoms with E-state index in [1.807, 2.05) is 42.6 Å². The number of carbonyl (C=O) groups excluding carboxylic acids is 1. The van der Waals surface area contributed by atoms with Crippen LogP contribution in [0.3, 0.4) is 0 Å². The Labute approximate surface area is 186 Å². The number of rotatable bonds is 5. The Bertz CT molecular complexity index is 1340. The van der Waals surface area contributed by atoms with Crippen LogP contribution in [0.25, 0.3) is 17.0 Å². The van der Waals surface area contributed by atoms with Crippen LogP contribution in [0.15, 0.2) is 84.6 Å². The second-order valence-corrected chi connectivity index (χ2v) is 7.73. The Balaban J connectivity index is 1.69. The third-order valence-corrected chi connectivity index (χ3v) is 5.37. The Morgan fingerprint density at radius 3 is 2.65 bits per heavy atom. The van der Waals surface area contributed by atoms with Crippen molar-refractivity contribution in [2.24, 2.45) is 0 Å². The van der Waals surface area contributed by atoms with Gasteiger partial charge < -0.3 is 9.88 Å². The van der Waals surface area contributed by atoms with Gasteiger partial charge in [-0.2, -0.15) is 5.26 Å². The number of para-hydroxylation sites is 2. The van der Waals surface area contributed by atoms with E-state index in [2.05, 4.69) is 35.0 Å². The molecule has 0 bridgehead atoms. The van der Waals surface area contributed by atoms with E-state index in [4.69, 9.17) is 11.6 Å². The Morgan fingerprint density at radius 2 is 1.87 bits per heavy atom. The maximum absolute atomic E-state index is 12.7. The Hall–Kier alpha value is -3.81. The SMILES string of the molecule is Cc1cccc(Cn2cc(/C=C(/C#N)C(=O)Nc3ccccc3Cl)c3ccccc32)c1.